The number of unbranched alkanes of at least 4 members (excludes halogenated alkanes) is 6. The quantitative estimate of drug-likeness (QED) is 0.225. The summed E-state index contributed by atoms with van der Waals surface area (Å²) in [6.07, 6.45) is 19.9. The van der Waals surface area contributed by atoms with Crippen LogP contribution in [0.3, 0.4) is 0 Å². The highest BCUT2D eigenvalue weighted by atomic mass is 35.5. The van der Waals surface area contributed by atoms with Gasteiger partial charge in [0.1, 0.15) is 0 Å². The standard InChI is InChI=1S/C20H38BCl/c1-5-9-13-17-19(15-11-7-3)21(22)20(16-12-8-4)18-14-10-6-2/h17-18H,5-16H2,1-4H3. The lowest BCUT2D eigenvalue weighted by Gasteiger charge is -2.16. The Morgan fingerprint density at radius 1 is 0.682 bits per heavy atom. The van der Waals surface area contributed by atoms with Crippen molar-refractivity contribution in [1.82, 2.24) is 0 Å². The molecule has 0 aliphatic rings. The average Bonchev–Trinajstić information content (AvgIpc) is 2.53. The van der Waals surface area contributed by atoms with Gasteiger partial charge in [-0.25, -0.2) is 0 Å². The molecule has 0 aromatic carbocycles. The summed E-state index contributed by atoms with van der Waals surface area (Å²) in [6.45, 7) is 9.05. The van der Waals surface area contributed by atoms with Crippen LogP contribution < -0.4 is 0 Å². The maximum atomic E-state index is 6.91. The lowest BCUT2D eigenvalue weighted by molar-refractivity contribution is 0.777. The van der Waals surface area contributed by atoms with Gasteiger partial charge in [-0.15, -0.1) is 0 Å². The van der Waals surface area contributed by atoms with Crippen LogP contribution in [-0.2, 0) is 0 Å². The van der Waals surface area contributed by atoms with Crippen LogP contribution in [0.25, 0.3) is 0 Å². The molecule has 128 valence electrons. The van der Waals surface area contributed by atoms with Gasteiger partial charge < -0.3 is 0 Å². The van der Waals surface area contributed by atoms with Crippen molar-refractivity contribution < 1.29 is 0 Å². The van der Waals surface area contributed by atoms with E-state index in [2.05, 4.69) is 39.8 Å². The topological polar surface area (TPSA) is 0 Å². The Morgan fingerprint density at radius 3 is 1.36 bits per heavy atom. The number of rotatable bonds is 14. The summed E-state index contributed by atoms with van der Waals surface area (Å²) in [5, 5.41) is 0. The van der Waals surface area contributed by atoms with Crippen molar-refractivity contribution in [3.63, 3.8) is 0 Å². The third kappa shape index (κ3) is 10.5. The van der Waals surface area contributed by atoms with Gasteiger partial charge in [-0.2, -0.15) is 11.5 Å². The highest BCUT2D eigenvalue weighted by Gasteiger charge is 2.20. The Hall–Kier alpha value is -0.165. The van der Waals surface area contributed by atoms with E-state index in [9.17, 15) is 0 Å². The first-order chi connectivity index (χ1) is 10.7. The third-order valence-corrected chi connectivity index (χ3v) is 4.78. The number of hydrogen-bond acceptors (Lipinski definition) is 0. The monoisotopic (exact) mass is 324 g/mol. The molecule has 0 aromatic heterocycles. The summed E-state index contributed by atoms with van der Waals surface area (Å²) in [4.78, 5) is 0. The van der Waals surface area contributed by atoms with Crippen LogP contribution in [0.15, 0.2) is 23.1 Å². The van der Waals surface area contributed by atoms with E-state index in [1.807, 2.05) is 0 Å². The number of hydrogen-bond donors (Lipinski definition) is 0. The molecule has 0 saturated heterocycles. The minimum Gasteiger partial charge on any atom is -0.183 e. The van der Waals surface area contributed by atoms with Crippen molar-refractivity contribution in [2.75, 3.05) is 0 Å². The average molecular weight is 325 g/mol. The molecule has 0 N–H and O–H groups in total. The summed E-state index contributed by atoms with van der Waals surface area (Å²) in [5.41, 5.74) is 2.96. The van der Waals surface area contributed by atoms with E-state index in [0.29, 0.717) is 0 Å². The molecule has 0 radical (unpaired) electrons. The van der Waals surface area contributed by atoms with Gasteiger partial charge in [0.15, 0.2) is 0 Å². The zero-order valence-electron chi connectivity index (χ0n) is 15.6. The van der Waals surface area contributed by atoms with Gasteiger partial charge in [-0.3, -0.25) is 0 Å². The summed E-state index contributed by atoms with van der Waals surface area (Å²) in [7, 11) is 0. The largest absolute Gasteiger partial charge is 0.306 e. The Bertz CT molecular complexity index is 277. The summed E-state index contributed by atoms with van der Waals surface area (Å²) < 4.78 is 0. The van der Waals surface area contributed by atoms with Gasteiger partial charge in [0, 0.05) is 0 Å². The van der Waals surface area contributed by atoms with Crippen LogP contribution >= 0.6 is 11.5 Å². The summed E-state index contributed by atoms with van der Waals surface area (Å²) in [5.74, 6) is 0. The zero-order chi connectivity index (χ0) is 16.6. The van der Waals surface area contributed by atoms with Gasteiger partial charge in [-0.1, -0.05) is 102 Å². The Kier molecular flexibility index (Phi) is 15.6. The fourth-order valence-corrected chi connectivity index (χ4v) is 3.04. The molecular weight excluding hydrogens is 286 g/mol. The molecule has 22 heavy (non-hydrogen) atoms. The molecule has 0 saturated carbocycles. The van der Waals surface area contributed by atoms with E-state index >= 15 is 0 Å². The van der Waals surface area contributed by atoms with E-state index in [1.54, 1.807) is 0 Å². The second kappa shape index (κ2) is 15.7. The molecule has 0 aliphatic heterocycles. The van der Waals surface area contributed by atoms with Gasteiger partial charge in [0.2, 0.25) is 0 Å². The molecule has 0 amide bonds. The lowest BCUT2D eigenvalue weighted by Crippen LogP contribution is -2.14. The maximum absolute atomic E-state index is 6.91. The number of allylic oxidation sites excluding steroid dienone is 4. The number of halogens is 1. The molecule has 0 aliphatic carbocycles. The second-order valence-electron chi connectivity index (χ2n) is 6.41. The molecule has 0 unspecified atom stereocenters. The van der Waals surface area contributed by atoms with Crippen molar-refractivity contribution in [1.29, 1.82) is 0 Å². The molecule has 0 heterocycles. The van der Waals surface area contributed by atoms with E-state index in [4.69, 9.17) is 11.5 Å². The summed E-state index contributed by atoms with van der Waals surface area (Å²) >= 11 is 6.91. The third-order valence-electron chi connectivity index (χ3n) is 4.22. The van der Waals surface area contributed by atoms with Gasteiger partial charge in [0.25, 0.3) is 0 Å². The minimum atomic E-state index is 0.145. The molecule has 0 nitrogen and oxygen atoms in total. The molecule has 0 atom stereocenters. The van der Waals surface area contributed by atoms with E-state index in [-0.39, 0.29) is 6.13 Å². The van der Waals surface area contributed by atoms with Crippen molar-refractivity contribution in [2.45, 2.75) is 105 Å². The van der Waals surface area contributed by atoms with Gasteiger partial charge >= 0.3 is 6.13 Å². The maximum Gasteiger partial charge on any atom is 0.306 e. The fraction of sp³-hybridized carbons (Fsp3) is 0.800. The van der Waals surface area contributed by atoms with Crippen molar-refractivity contribution in [3.05, 3.63) is 23.1 Å². The van der Waals surface area contributed by atoms with Crippen LogP contribution in [0.5, 0.6) is 0 Å². The van der Waals surface area contributed by atoms with Crippen LogP contribution in [0, 0.1) is 0 Å². The molecular formula is C20H38BCl. The Balaban J connectivity index is 4.91. The first kappa shape index (κ1) is 21.8. The molecule has 2 heteroatoms. The normalized spacial score (nSPS) is 12.8. The van der Waals surface area contributed by atoms with Crippen LogP contribution in [0.2, 0.25) is 0 Å². The Labute approximate surface area is 145 Å². The SMILES string of the molecule is CCCCC=C(CCCC)B(Cl)C(=CCCCC)CCCC. The minimum absolute atomic E-state index is 0.145. The van der Waals surface area contributed by atoms with Crippen molar-refractivity contribution >= 4 is 17.6 Å². The molecule has 0 aromatic rings. The predicted octanol–water partition coefficient (Wildman–Crippen LogP) is 7.91. The first-order valence-electron chi connectivity index (χ1n) is 9.72. The van der Waals surface area contributed by atoms with Gasteiger partial charge in [-0.05, 0) is 25.7 Å². The van der Waals surface area contributed by atoms with E-state index in [1.165, 1.54) is 88.0 Å². The van der Waals surface area contributed by atoms with Crippen LogP contribution in [0.4, 0.5) is 0 Å². The highest BCUT2D eigenvalue weighted by molar-refractivity contribution is 7.14. The zero-order valence-corrected chi connectivity index (χ0v) is 16.4. The second-order valence-corrected chi connectivity index (χ2v) is 6.85. The molecule has 0 fully saturated rings. The predicted molar refractivity (Wildman–Crippen MR) is 106 cm³/mol. The lowest BCUT2D eigenvalue weighted by atomic mass is 9.57. The highest BCUT2D eigenvalue weighted by Crippen LogP contribution is 2.25. The van der Waals surface area contributed by atoms with E-state index < -0.39 is 0 Å². The molecule has 0 spiro atoms. The smallest absolute Gasteiger partial charge is 0.183 e. The van der Waals surface area contributed by atoms with Crippen LogP contribution in [-0.4, -0.2) is 6.13 Å². The van der Waals surface area contributed by atoms with E-state index in [0.717, 1.165) is 0 Å². The van der Waals surface area contributed by atoms with Crippen molar-refractivity contribution in [2.24, 2.45) is 0 Å². The summed E-state index contributed by atoms with van der Waals surface area (Å²) in [6, 6.07) is 0. The van der Waals surface area contributed by atoms with Crippen LogP contribution in [0.1, 0.15) is 105 Å². The molecule has 0 rings (SSSR count). The van der Waals surface area contributed by atoms with Crippen molar-refractivity contribution in [3.8, 4) is 0 Å². The Morgan fingerprint density at radius 2 is 1.05 bits per heavy atom. The fourth-order valence-electron chi connectivity index (χ4n) is 2.65. The molecule has 0 bridgehead atoms. The first-order valence-corrected chi connectivity index (χ1v) is 10.2. The van der Waals surface area contributed by atoms with Gasteiger partial charge in [0.05, 0.1) is 0 Å².